The van der Waals surface area contributed by atoms with Gasteiger partial charge in [-0.05, 0) is 19.9 Å². The van der Waals surface area contributed by atoms with E-state index in [0.29, 0.717) is 23.0 Å². The van der Waals surface area contributed by atoms with E-state index in [2.05, 4.69) is 15.6 Å². The van der Waals surface area contributed by atoms with Crippen LogP contribution in [0, 0.1) is 12.8 Å². The van der Waals surface area contributed by atoms with Crippen LogP contribution in [0.15, 0.2) is 0 Å². The molecule has 21 heavy (non-hydrogen) atoms. The van der Waals surface area contributed by atoms with Crippen molar-refractivity contribution in [2.24, 2.45) is 5.92 Å². The highest BCUT2D eigenvalue weighted by molar-refractivity contribution is 6.44. The number of H-pyrrole nitrogens is 1. The number of hydrogen-bond donors (Lipinski definition) is 3. The third-order valence-electron chi connectivity index (χ3n) is 3.59. The van der Waals surface area contributed by atoms with Gasteiger partial charge >= 0.3 is 0 Å². The number of rotatable bonds is 4. The summed E-state index contributed by atoms with van der Waals surface area (Å²) < 4.78 is 5.20. The van der Waals surface area contributed by atoms with Gasteiger partial charge in [0.05, 0.1) is 16.7 Å². The lowest BCUT2D eigenvalue weighted by atomic mass is 9.94. The van der Waals surface area contributed by atoms with E-state index < -0.39 is 0 Å². The number of aryl methyl sites for hydroxylation is 1. The first-order valence-electron chi connectivity index (χ1n) is 6.58. The van der Waals surface area contributed by atoms with Crippen LogP contribution in [0.25, 0.3) is 0 Å². The number of carbonyl (C=O) groups excluding carboxylic acids is 1. The molecule has 2 rings (SSSR count). The normalized spacial score (nSPS) is 21.7. The molecule has 3 N–H and O–H groups in total. The topological polar surface area (TPSA) is 66.2 Å². The predicted molar refractivity (Wildman–Crippen MR) is 86.9 cm³/mol. The molecule has 5 nitrogen and oxygen atoms in total. The highest BCUT2D eigenvalue weighted by atomic mass is 35.5. The SMILES string of the molecule is COCC1CNCCC1NC(=O)c1[nH]c(C)c(Cl)c1Cl.Cl. The van der Waals surface area contributed by atoms with Crippen LogP contribution in [0.5, 0.6) is 0 Å². The fourth-order valence-corrected chi connectivity index (χ4v) is 2.89. The molecule has 2 heterocycles. The standard InChI is InChI=1S/C13H19Cl2N3O2.ClH/c1-7-10(14)11(15)12(17-7)13(19)18-9-3-4-16-5-8(9)6-20-2;/h8-9,16-17H,3-6H2,1-2H3,(H,18,19);1H. The van der Waals surface area contributed by atoms with Gasteiger partial charge in [0.25, 0.3) is 5.91 Å². The van der Waals surface area contributed by atoms with Crippen LogP contribution in [0.4, 0.5) is 0 Å². The molecule has 0 spiro atoms. The zero-order valence-corrected chi connectivity index (χ0v) is 14.3. The molecule has 120 valence electrons. The lowest BCUT2D eigenvalue weighted by molar-refractivity contribution is 0.0836. The highest BCUT2D eigenvalue weighted by Crippen LogP contribution is 2.29. The van der Waals surface area contributed by atoms with Crippen molar-refractivity contribution in [3.05, 3.63) is 21.4 Å². The Bertz CT molecular complexity index is 491. The lowest BCUT2D eigenvalue weighted by Crippen LogP contribution is -2.51. The van der Waals surface area contributed by atoms with Crippen LogP contribution in [0.1, 0.15) is 22.6 Å². The van der Waals surface area contributed by atoms with E-state index in [0.717, 1.165) is 19.5 Å². The van der Waals surface area contributed by atoms with Gasteiger partial charge in [0.1, 0.15) is 5.69 Å². The second-order valence-corrected chi connectivity index (χ2v) is 5.80. The van der Waals surface area contributed by atoms with Crippen LogP contribution in [0.2, 0.25) is 10.0 Å². The Labute approximate surface area is 140 Å². The molecule has 1 aliphatic heterocycles. The number of ether oxygens (including phenoxy) is 1. The highest BCUT2D eigenvalue weighted by Gasteiger charge is 2.28. The Morgan fingerprint density at radius 1 is 1.43 bits per heavy atom. The number of carbonyl (C=O) groups is 1. The van der Waals surface area contributed by atoms with Crippen molar-refractivity contribution in [3.8, 4) is 0 Å². The van der Waals surface area contributed by atoms with Gasteiger partial charge in [-0.15, -0.1) is 12.4 Å². The number of methoxy groups -OCH3 is 1. The van der Waals surface area contributed by atoms with Crippen LogP contribution >= 0.6 is 35.6 Å². The summed E-state index contributed by atoms with van der Waals surface area (Å²) in [7, 11) is 1.67. The summed E-state index contributed by atoms with van der Waals surface area (Å²) in [6.07, 6.45) is 0.866. The van der Waals surface area contributed by atoms with Crippen molar-refractivity contribution in [2.75, 3.05) is 26.8 Å². The Balaban J connectivity index is 0.00000220. The molecule has 1 amide bonds. The molecule has 0 bridgehead atoms. The molecule has 0 aliphatic carbocycles. The summed E-state index contributed by atoms with van der Waals surface area (Å²) in [5.41, 5.74) is 1.02. The quantitative estimate of drug-likeness (QED) is 0.776. The Kier molecular flexibility index (Phi) is 7.30. The second kappa shape index (κ2) is 8.25. The summed E-state index contributed by atoms with van der Waals surface area (Å²) in [5, 5.41) is 6.99. The summed E-state index contributed by atoms with van der Waals surface area (Å²) >= 11 is 12.1. The van der Waals surface area contributed by atoms with Gasteiger partial charge in [-0.2, -0.15) is 0 Å². The van der Waals surface area contributed by atoms with Gasteiger partial charge in [0.15, 0.2) is 0 Å². The molecule has 8 heteroatoms. The Morgan fingerprint density at radius 2 is 2.14 bits per heavy atom. The van der Waals surface area contributed by atoms with Crippen molar-refractivity contribution in [3.63, 3.8) is 0 Å². The number of amides is 1. The third-order valence-corrected chi connectivity index (χ3v) is 4.53. The average molecular weight is 357 g/mol. The number of hydrogen-bond acceptors (Lipinski definition) is 3. The second-order valence-electron chi connectivity index (χ2n) is 5.04. The number of aromatic amines is 1. The van der Waals surface area contributed by atoms with Gasteiger partial charge < -0.3 is 20.4 Å². The molecule has 2 atom stereocenters. The van der Waals surface area contributed by atoms with Gasteiger partial charge in [-0.25, -0.2) is 0 Å². The van der Waals surface area contributed by atoms with Crippen molar-refractivity contribution in [1.82, 2.24) is 15.6 Å². The first-order chi connectivity index (χ1) is 9.54. The summed E-state index contributed by atoms with van der Waals surface area (Å²) in [5.74, 6) is 0.0287. The van der Waals surface area contributed by atoms with Crippen molar-refractivity contribution < 1.29 is 9.53 Å². The maximum atomic E-state index is 12.3. The summed E-state index contributed by atoms with van der Waals surface area (Å²) in [6, 6.07) is 0.0714. The average Bonchev–Trinajstić information content (AvgIpc) is 2.69. The third kappa shape index (κ3) is 4.27. The molecule has 0 aromatic carbocycles. The molecular formula is C13H20Cl3N3O2. The monoisotopic (exact) mass is 355 g/mol. The van der Waals surface area contributed by atoms with Crippen LogP contribution in [-0.4, -0.2) is 43.7 Å². The van der Waals surface area contributed by atoms with E-state index in [1.165, 1.54) is 0 Å². The van der Waals surface area contributed by atoms with E-state index in [9.17, 15) is 4.79 Å². The zero-order valence-electron chi connectivity index (χ0n) is 12.0. The molecule has 1 aliphatic rings. The van der Waals surface area contributed by atoms with Crippen molar-refractivity contribution >= 4 is 41.5 Å². The maximum absolute atomic E-state index is 12.3. The Morgan fingerprint density at radius 3 is 2.71 bits per heavy atom. The van der Waals surface area contributed by atoms with E-state index in [4.69, 9.17) is 27.9 Å². The fourth-order valence-electron chi connectivity index (χ4n) is 2.47. The van der Waals surface area contributed by atoms with E-state index >= 15 is 0 Å². The van der Waals surface area contributed by atoms with Gasteiger partial charge in [-0.1, -0.05) is 23.2 Å². The Hall–Kier alpha value is -0.460. The molecule has 0 saturated carbocycles. The van der Waals surface area contributed by atoms with Gasteiger partial charge in [-0.3, -0.25) is 4.79 Å². The molecule has 0 radical (unpaired) electrons. The van der Waals surface area contributed by atoms with Gasteiger partial charge in [0, 0.05) is 31.3 Å². The number of aromatic nitrogens is 1. The van der Waals surface area contributed by atoms with Gasteiger partial charge in [0.2, 0.25) is 0 Å². The number of piperidine rings is 1. The summed E-state index contributed by atoms with van der Waals surface area (Å²) in [4.78, 5) is 15.2. The zero-order chi connectivity index (χ0) is 14.7. The smallest absolute Gasteiger partial charge is 0.269 e. The molecular weight excluding hydrogens is 337 g/mol. The first-order valence-corrected chi connectivity index (χ1v) is 7.34. The lowest BCUT2D eigenvalue weighted by Gasteiger charge is -2.32. The summed E-state index contributed by atoms with van der Waals surface area (Å²) in [6.45, 7) is 4.10. The molecule has 2 unspecified atom stereocenters. The maximum Gasteiger partial charge on any atom is 0.269 e. The molecule has 1 fully saturated rings. The first kappa shape index (κ1) is 18.6. The van der Waals surface area contributed by atoms with Crippen molar-refractivity contribution in [2.45, 2.75) is 19.4 Å². The molecule has 1 saturated heterocycles. The minimum atomic E-state index is -0.224. The largest absolute Gasteiger partial charge is 0.384 e. The molecule has 1 aromatic rings. The van der Waals surface area contributed by atoms with E-state index in [1.54, 1.807) is 14.0 Å². The minimum absolute atomic E-state index is 0. The number of nitrogens with one attached hydrogen (secondary N) is 3. The predicted octanol–water partition coefficient (Wildman–Crippen LogP) is 2.41. The molecule has 1 aromatic heterocycles. The van der Waals surface area contributed by atoms with Crippen LogP contribution < -0.4 is 10.6 Å². The van der Waals surface area contributed by atoms with E-state index in [1.807, 2.05) is 0 Å². The van der Waals surface area contributed by atoms with Crippen LogP contribution in [0.3, 0.4) is 0 Å². The van der Waals surface area contributed by atoms with Crippen LogP contribution in [-0.2, 0) is 4.74 Å². The van der Waals surface area contributed by atoms with E-state index in [-0.39, 0.29) is 35.3 Å². The van der Waals surface area contributed by atoms with Crippen molar-refractivity contribution in [1.29, 1.82) is 0 Å². The minimum Gasteiger partial charge on any atom is -0.384 e. The fraction of sp³-hybridized carbons (Fsp3) is 0.615. The number of halogens is 3.